The van der Waals surface area contributed by atoms with Gasteiger partial charge in [-0.25, -0.2) is 4.99 Å². The lowest BCUT2D eigenvalue weighted by molar-refractivity contribution is -0.127. The average molecular weight is 450 g/mol. The molecule has 4 unspecified atom stereocenters. The number of fused-ring (bicyclic) bond motifs is 1. The molecule has 6 heteroatoms. The summed E-state index contributed by atoms with van der Waals surface area (Å²) < 4.78 is 0. The van der Waals surface area contributed by atoms with Crippen LogP contribution in [0.4, 0.5) is 0 Å². The number of likely N-dealkylation sites (N-methyl/N-ethyl adjacent to an activating group) is 1. The summed E-state index contributed by atoms with van der Waals surface area (Å²) in [6.45, 7) is 4.51. The fourth-order valence-electron chi connectivity index (χ4n) is 3.78. The first-order chi connectivity index (χ1) is 11.0. The van der Waals surface area contributed by atoms with Gasteiger partial charge < -0.3 is 15.5 Å². The smallest absolute Gasteiger partial charge is 0.243 e. The first-order valence-electron chi connectivity index (χ1n) is 9.27. The predicted octanol–water partition coefficient (Wildman–Crippen LogP) is 3.00. The van der Waals surface area contributed by atoms with Crippen LogP contribution in [0, 0.1) is 11.8 Å². The topological polar surface area (TPSA) is 56.7 Å². The molecule has 2 aliphatic rings. The predicted molar refractivity (Wildman–Crippen MR) is 111 cm³/mol. The van der Waals surface area contributed by atoms with E-state index in [1.54, 1.807) is 19.0 Å². The maximum absolute atomic E-state index is 11.8. The van der Waals surface area contributed by atoms with E-state index >= 15 is 0 Å². The Labute approximate surface area is 164 Å². The van der Waals surface area contributed by atoms with Crippen LogP contribution in [0.25, 0.3) is 0 Å². The second-order valence-corrected chi connectivity index (χ2v) is 7.51. The molecular formula is C18H35IN4O. The van der Waals surface area contributed by atoms with Crippen molar-refractivity contribution in [2.75, 3.05) is 20.6 Å². The van der Waals surface area contributed by atoms with Gasteiger partial charge >= 0.3 is 0 Å². The van der Waals surface area contributed by atoms with Crippen LogP contribution in [-0.4, -0.2) is 49.5 Å². The van der Waals surface area contributed by atoms with E-state index in [1.807, 2.05) is 0 Å². The minimum Gasteiger partial charge on any atom is -0.354 e. The maximum Gasteiger partial charge on any atom is 0.243 e. The summed E-state index contributed by atoms with van der Waals surface area (Å²) in [7, 11) is 3.54. The molecule has 24 heavy (non-hydrogen) atoms. The highest BCUT2D eigenvalue weighted by molar-refractivity contribution is 14.0. The summed E-state index contributed by atoms with van der Waals surface area (Å²) in [5, 5.41) is 7.03. The molecule has 2 N–H and O–H groups in total. The lowest BCUT2D eigenvalue weighted by Crippen LogP contribution is -2.48. The van der Waals surface area contributed by atoms with Crippen LogP contribution in [0.1, 0.15) is 58.8 Å². The van der Waals surface area contributed by atoms with E-state index < -0.39 is 0 Å². The van der Waals surface area contributed by atoms with Gasteiger partial charge in [0.2, 0.25) is 5.91 Å². The molecule has 0 saturated heterocycles. The minimum atomic E-state index is 0. The van der Waals surface area contributed by atoms with E-state index in [9.17, 15) is 4.79 Å². The zero-order chi connectivity index (χ0) is 16.8. The highest BCUT2D eigenvalue weighted by atomic mass is 127. The Morgan fingerprint density at radius 2 is 1.92 bits per heavy atom. The van der Waals surface area contributed by atoms with E-state index in [4.69, 9.17) is 0 Å². The normalized spacial score (nSPS) is 27.7. The van der Waals surface area contributed by atoms with Crippen molar-refractivity contribution in [3.63, 3.8) is 0 Å². The molecule has 0 aromatic rings. The fraction of sp³-hybridized carbons (Fsp3) is 0.889. The summed E-state index contributed by atoms with van der Waals surface area (Å²) in [5.41, 5.74) is 0. The van der Waals surface area contributed by atoms with Crippen molar-refractivity contribution in [1.82, 2.24) is 15.5 Å². The summed E-state index contributed by atoms with van der Waals surface area (Å²) in [5.74, 6) is 2.70. The summed E-state index contributed by atoms with van der Waals surface area (Å²) in [6, 6.07) is 0.859. The van der Waals surface area contributed by atoms with Crippen LogP contribution in [0.5, 0.6) is 0 Å². The van der Waals surface area contributed by atoms with Crippen molar-refractivity contribution in [3.05, 3.63) is 0 Å². The summed E-state index contributed by atoms with van der Waals surface area (Å²) in [4.78, 5) is 17.9. The molecule has 0 aromatic heterocycles. The van der Waals surface area contributed by atoms with Crippen molar-refractivity contribution >= 4 is 35.8 Å². The number of amides is 1. The largest absolute Gasteiger partial charge is 0.354 e. The third-order valence-electron chi connectivity index (χ3n) is 5.50. The monoisotopic (exact) mass is 450 g/mol. The first kappa shape index (κ1) is 21.5. The van der Waals surface area contributed by atoms with Gasteiger partial charge in [-0.15, -0.1) is 24.0 Å². The van der Waals surface area contributed by atoms with Gasteiger partial charge in [0.1, 0.15) is 6.54 Å². The van der Waals surface area contributed by atoms with Gasteiger partial charge in [0, 0.05) is 26.2 Å². The summed E-state index contributed by atoms with van der Waals surface area (Å²) >= 11 is 0. The number of aliphatic imine (C=N–C) groups is 1. The Balaban J connectivity index is 0.00000288. The Morgan fingerprint density at radius 1 is 1.21 bits per heavy atom. The molecule has 4 atom stereocenters. The number of nitrogens with zero attached hydrogens (tertiary/aromatic N) is 2. The van der Waals surface area contributed by atoms with E-state index in [2.05, 4.69) is 29.5 Å². The van der Waals surface area contributed by atoms with Crippen LogP contribution in [0.3, 0.4) is 0 Å². The van der Waals surface area contributed by atoms with Crippen molar-refractivity contribution in [1.29, 1.82) is 0 Å². The Bertz CT molecular complexity index is 427. The second kappa shape index (κ2) is 10.5. The van der Waals surface area contributed by atoms with Crippen molar-refractivity contribution < 1.29 is 4.79 Å². The lowest BCUT2D eigenvalue weighted by Gasteiger charge is -2.33. The molecule has 2 fully saturated rings. The van der Waals surface area contributed by atoms with Crippen molar-refractivity contribution in [3.8, 4) is 0 Å². The van der Waals surface area contributed by atoms with Crippen LogP contribution in [0.15, 0.2) is 4.99 Å². The molecule has 0 bridgehead atoms. The molecule has 2 saturated carbocycles. The molecule has 0 radical (unpaired) electrons. The van der Waals surface area contributed by atoms with Crippen molar-refractivity contribution in [2.24, 2.45) is 16.8 Å². The van der Waals surface area contributed by atoms with Crippen LogP contribution in [-0.2, 0) is 4.79 Å². The molecule has 1 amide bonds. The number of carbonyl (C=O) groups excluding carboxylic acids is 1. The third kappa shape index (κ3) is 6.41. The Hall–Kier alpha value is -0.530. The number of guanidine groups is 1. The summed E-state index contributed by atoms with van der Waals surface area (Å²) in [6.07, 6.45) is 9.10. The average Bonchev–Trinajstić information content (AvgIpc) is 2.99. The van der Waals surface area contributed by atoms with E-state index in [0.717, 1.165) is 24.2 Å². The van der Waals surface area contributed by atoms with Gasteiger partial charge in [-0.3, -0.25) is 4.79 Å². The molecule has 2 rings (SSSR count). The lowest BCUT2D eigenvalue weighted by atomic mass is 9.79. The van der Waals surface area contributed by atoms with Gasteiger partial charge in [0.15, 0.2) is 5.96 Å². The number of nitrogens with one attached hydrogen (secondary N) is 2. The van der Waals surface area contributed by atoms with Crippen LogP contribution in [0.2, 0.25) is 0 Å². The Morgan fingerprint density at radius 3 is 2.58 bits per heavy atom. The van der Waals surface area contributed by atoms with Gasteiger partial charge in [-0.1, -0.05) is 26.2 Å². The molecule has 0 spiro atoms. The quantitative estimate of drug-likeness (QED) is 0.385. The van der Waals surface area contributed by atoms with Gasteiger partial charge in [-0.2, -0.15) is 0 Å². The third-order valence-corrected chi connectivity index (χ3v) is 5.50. The van der Waals surface area contributed by atoms with E-state index in [0.29, 0.717) is 12.1 Å². The maximum atomic E-state index is 11.8. The fourth-order valence-corrected chi connectivity index (χ4v) is 3.78. The minimum absolute atomic E-state index is 0. The molecule has 0 heterocycles. The van der Waals surface area contributed by atoms with E-state index in [1.165, 1.54) is 38.5 Å². The number of hydrogen-bond acceptors (Lipinski definition) is 2. The number of carbonyl (C=O) groups is 1. The highest BCUT2D eigenvalue weighted by Crippen LogP contribution is 2.41. The Kier molecular flexibility index (Phi) is 9.37. The van der Waals surface area contributed by atoms with Gasteiger partial charge in [-0.05, 0) is 44.4 Å². The molecule has 0 aliphatic heterocycles. The zero-order valence-corrected chi connectivity index (χ0v) is 18.0. The molecule has 2 aliphatic carbocycles. The van der Waals surface area contributed by atoms with Gasteiger partial charge in [0.25, 0.3) is 0 Å². The van der Waals surface area contributed by atoms with E-state index in [-0.39, 0.29) is 36.4 Å². The second-order valence-electron chi connectivity index (χ2n) is 7.51. The van der Waals surface area contributed by atoms with Crippen molar-refractivity contribution in [2.45, 2.75) is 70.9 Å². The highest BCUT2D eigenvalue weighted by Gasteiger charge is 2.34. The number of rotatable bonds is 5. The first-order valence-corrected chi connectivity index (χ1v) is 9.27. The van der Waals surface area contributed by atoms with Crippen LogP contribution < -0.4 is 10.6 Å². The van der Waals surface area contributed by atoms with Crippen LogP contribution >= 0.6 is 24.0 Å². The molecule has 5 nitrogen and oxygen atoms in total. The standard InChI is InChI=1S/C18H34N4O.HI/c1-5-13(2)20-18(19-12-17(23)22(3)4)21-16-10-9-14-7-6-8-15(14)11-16;/h13-16H,5-12H2,1-4H3,(H2,19,20,21);1H. The number of halogens is 1. The zero-order valence-electron chi connectivity index (χ0n) is 15.7. The molecule has 140 valence electrons. The van der Waals surface area contributed by atoms with Gasteiger partial charge in [0.05, 0.1) is 0 Å². The molecular weight excluding hydrogens is 415 g/mol. The number of hydrogen-bond donors (Lipinski definition) is 2. The molecule has 0 aromatic carbocycles. The SMILES string of the molecule is CCC(C)NC(=NCC(=O)N(C)C)NC1CCC2CCCC2C1.I.